The van der Waals surface area contributed by atoms with Crippen LogP contribution in [0.3, 0.4) is 0 Å². The van der Waals surface area contributed by atoms with E-state index in [2.05, 4.69) is 11.9 Å². The minimum atomic E-state index is -0.0203. The molecule has 0 aliphatic carbocycles. The van der Waals surface area contributed by atoms with Crippen LogP contribution in [-0.4, -0.2) is 11.1 Å². The summed E-state index contributed by atoms with van der Waals surface area (Å²) in [5.41, 5.74) is 8.49. The third-order valence-electron chi connectivity index (χ3n) is 3.15. The summed E-state index contributed by atoms with van der Waals surface area (Å²) in [5.74, 6) is 0.886. The highest BCUT2D eigenvalue weighted by molar-refractivity contribution is 7.11. The lowest BCUT2D eigenvalue weighted by molar-refractivity contribution is 0.242. The minimum Gasteiger partial charge on any atom is -0.491 e. The Morgan fingerprint density at radius 1 is 1.20 bits per heavy atom. The van der Waals surface area contributed by atoms with Crippen molar-refractivity contribution in [2.45, 2.75) is 46.3 Å². The molecule has 0 saturated heterocycles. The van der Waals surface area contributed by atoms with Gasteiger partial charge in [-0.25, -0.2) is 4.98 Å². The molecule has 0 aliphatic rings. The monoisotopic (exact) mass is 290 g/mol. The quantitative estimate of drug-likeness (QED) is 0.911. The highest BCUT2D eigenvalue weighted by Crippen LogP contribution is 2.23. The zero-order chi connectivity index (χ0) is 14.7. The Morgan fingerprint density at radius 2 is 1.85 bits per heavy atom. The molecule has 20 heavy (non-hydrogen) atoms. The van der Waals surface area contributed by atoms with Crippen LogP contribution >= 0.6 is 11.3 Å². The molecule has 1 heterocycles. The van der Waals surface area contributed by atoms with Gasteiger partial charge in [0.15, 0.2) is 0 Å². The van der Waals surface area contributed by atoms with Crippen molar-refractivity contribution in [1.29, 1.82) is 0 Å². The Labute approximate surface area is 124 Å². The first-order chi connectivity index (χ1) is 9.45. The summed E-state index contributed by atoms with van der Waals surface area (Å²) in [5, 5.41) is 1.11. The van der Waals surface area contributed by atoms with Gasteiger partial charge in [0, 0.05) is 17.3 Å². The zero-order valence-corrected chi connectivity index (χ0v) is 13.3. The molecule has 1 unspecified atom stereocenters. The summed E-state index contributed by atoms with van der Waals surface area (Å²) in [6, 6.07) is 8.01. The lowest BCUT2D eigenvalue weighted by atomic mass is 10.1. The van der Waals surface area contributed by atoms with E-state index in [0.29, 0.717) is 0 Å². The van der Waals surface area contributed by atoms with Gasteiger partial charge in [-0.05, 0) is 45.4 Å². The van der Waals surface area contributed by atoms with Crippen LogP contribution < -0.4 is 10.5 Å². The zero-order valence-electron chi connectivity index (χ0n) is 12.5. The maximum absolute atomic E-state index is 6.26. The molecule has 0 bridgehead atoms. The molecular weight excluding hydrogens is 268 g/mol. The van der Waals surface area contributed by atoms with Crippen LogP contribution in [0.1, 0.15) is 41.0 Å². The summed E-state index contributed by atoms with van der Waals surface area (Å²) in [4.78, 5) is 5.82. The number of rotatable bonds is 5. The predicted octanol–water partition coefficient (Wildman–Crippen LogP) is 3.79. The molecule has 1 atom stereocenters. The fourth-order valence-electron chi connectivity index (χ4n) is 2.00. The molecule has 108 valence electrons. The first-order valence-electron chi connectivity index (χ1n) is 6.91. The van der Waals surface area contributed by atoms with Crippen LogP contribution in [0, 0.1) is 13.8 Å². The maximum Gasteiger partial charge on any atom is 0.119 e. The summed E-state index contributed by atoms with van der Waals surface area (Å²) >= 11 is 1.73. The van der Waals surface area contributed by atoms with E-state index < -0.39 is 0 Å². The molecule has 2 aromatic rings. The van der Waals surface area contributed by atoms with Crippen molar-refractivity contribution in [2.24, 2.45) is 5.73 Å². The number of aromatic nitrogens is 1. The Kier molecular flexibility index (Phi) is 4.78. The van der Waals surface area contributed by atoms with Crippen molar-refractivity contribution in [3.05, 3.63) is 45.4 Å². The third-order valence-corrected chi connectivity index (χ3v) is 4.24. The summed E-state index contributed by atoms with van der Waals surface area (Å²) in [7, 11) is 0. The topological polar surface area (TPSA) is 48.1 Å². The summed E-state index contributed by atoms with van der Waals surface area (Å²) in [6.07, 6.45) is 0.972. The fourth-order valence-corrected chi connectivity index (χ4v) is 2.99. The fraction of sp³-hybridized carbons (Fsp3) is 0.438. The number of thiazole rings is 1. The van der Waals surface area contributed by atoms with Crippen molar-refractivity contribution in [3.8, 4) is 5.75 Å². The number of aryl methyl sites for hydroxylation is 2. The van der Waals surface area contributed by atoms with E-state index in [9.17, 15) is 0 Å². The van der Waals surface area contributed by atoms with Gasteiger partial charge >= 0.3 is 0 Å². The van der Waals surface area contributed by atoms with E-state index in [0.717, 1.165) is 28.4 Å². The second-order valence-corrected chi connectivity index (χ2v) is 6.58. The molecule has 4 heteroatoms. The maximum atomic E-state index is 6.26. The molecule has 0 radical (unpaired) electrons. The van der Waals surface area contributed by atoms with E-state index in [4.69, 9.17) is 10.5 Å². The van der Waals surface area contributed by atoms with Gasteiger partial charge in [0.05, 0.1) is 16.8 Å². The molecule has 0 amide bonds. The molecule has 0 spiro atoms. The summed E-state index contributed by atoms with van der Waals surface area (Å²) < 4.78 is 5.64. The number of ether oxygens (including phenoxy) is 1. The van der Waals surface area contributed by atoms with E-state index >= 15 is 0 Å². The molecule has 1 aromatic heterocycles. The average Bonchev–Trinajstić information content (AvgIpc) is 2.68. The Morgan fingerprint density at radius 3 is 2.35 bits per heavy atom. The molecule has 0 fully saturated rings. The van der Waals surface area contributed by atoms with Crippen LogP contribution in [0.15, 0.2) is 24.3 Å². The molecule has 1 aromatic carbocycles. The average molecular weight is 290 g/mol. The lowest BCUT2D eigenvalue weighted by Gasteiger charge is -2.13. The van der Waals surface area contributed by atoms with Crippen molar-refractivity contribution in [1.82, 2.24) is 4.98 Å². The van der Waals surface area contributed by atoms with Gasteiger partial charge in [0.2, 0.25) is 0 Å². The van der Waals surface area contributed by atoms with Crippen molar-refractivity contribution < 1.29 is 4.74 Å². The standard InChI is InChI=1S/C16H22N2OS/c1-10(2)19-14-7-5-13(6-8-14)15(17)9-16-18-11(3)12(4)20-16/h5-8,10,15H,9,17H2,1-4H3. The van der Waals surface area contributed by atoms with Crippen LogP contribution in [0.4, 0.5) is 0 Å². The largest absolute Gasteiger partial charge is 0.491 e. The third kappa shape index (κ3) is 3.81. The molecule has 0 aliphatic heterocycles. The van der Waals surface area contributed by atoms with E-state index in [1.807, 2.05) is 45.0 Å². The smallest absolute Gasteiger partial charge is 0.119 e. The minimum absolute atomic E-state index is 0.0203. The van der Waals surface area contributed by atoms with Crippen LogP contribution in [-0.2, 0) is 6.42 Å². The second kappa shape index (κ2) is 6.37. The second-order valence-electron chi connectivity index (χ2n) is 5.30. The van der Waals surface area contributed by atoms with Gasteiger partial charge in [0.25, 0.3) is 0 Å². The normalized spacial score (nSPS) is 12.7. The number of hydrogen-bond acceptors (Lipinski definition) is 4. The SMILES string of the molecule is Cc1nc(CC(N)c2ccc(OC(C)C)cc2)sc1C. The van der Waals surface area contributed by atoms with Gasteiger partial charge in [-0.3, -0.25) is 0 Å². The first kappa shape index (κ1) is 15.0. The van der Waals surface area contributed by atoms with Crippen molar-refractivity contribution in [2.75, 3.05) is 0 Å². The van der Waals surface area contributed by atoms with Crippen LogP contribution in [0.2, 0.25) is 0 Å². The Balaban J connectivity index is 2.03. The van der Waals surface area contributed by atoms with Gasteiger partial charge in [-0.1, -0.05) is 12.1 Å². The van der Waals surface area contributed by atoms with Gasteiger partial charge < -0.3 is 10.5 Å². The molecule has 3 nitrogen and oxygen atoms in total. The predicted molar refractivity (Wildman–Crippen MR) is 84.4 cm³/mol. The molecule has 2 N–H and O–H groups in total. The van der Waals surface area contributed by atoms with Crippen LogP contribution in [0.25, 0.3) is 0 Å². The molecular formula is C16H22N2OS. The van der Waals surface area contributed by atoms with E-state index in [-0.39, 0.29) is 12.1 Å². The number of nitrogens with two attached hydrogens (primary N) is 1. The highest BCUT2D eigenvalue weighted by atomic mass is 32.1. The number of nitrogens with zero attached hydrogens (tertiary/aromatic N) is 1. The van der Waals surface area contributed by atoms with Gasteiger partial charge in [-0.2, -0.15) is 0 Å². The lowest BCUT2D eigenvalue weighted by Crippen LogP contribution is -2.13. The summed E-state index contributed by atoms with van der Waals surface area (Å²) in [6.45, 7) is 8.18. The van der Waals surface area contributed by atoms with Crippen molar-refractivity contribution >= 4 is 11.3 Å². The molecule has 2 rings (SSSR count). The van der Waals surface area contributed by atoms with E-state index in [1.54, 1.807) is 11.3 Å². The van der Waals surface area contributed by atoms with Gasteiger partial charge in [-0.15, -0.1) is 11.3 Å². The van der Waals surface area contributed by atoms with Gasteiger partial charge in [0.1, 0.15) is 5.75 Å². The Bertz CT molecular complexity index is 541. The number of hydrogen-bond donors (Lipinski definition) is 1. The van der Waals surface area contributed by atoms with Crippen molar-refractivity contribution in [3.63, 3.8) is 0 Å². The van der Waals surface area contributed by atoms with Crippen LogP contribution in [0.5, 0.6) is 5.75 Å². The Hall–Kier alpha value is -1.39. The highest BCUT2D eigenvalue weighted by Gasteiger charge is 2.11. The molecule has 0 saturated carbocycles. The number of benzene rings is 1. The van der Waals surface area contributed by atoms with E-state index in [1.165, 1.54) is 4.88 Å². The first-order valence-corrected chi connectivity index (χ1v) is 7.72.